The second kappa shape index (κ2) is 4.15. The molecule has 1 aliphatic rings. The lowest BCUT2D eigenvalue weighted by Crippen LogP contribution is -2.36. The molecule has 2 aromatic heterocycles. The molecule has 17 heavy (non-hydrogen) atoms. The SMILES string of the molecule is NCC1(c2cc3ncccc3o2)CCCCC1. The molecule has 0 saturated heterocycles. The standard InChI is InChI=1S/C14H18N2O/c15-10-14(6-2-1-3-7-14)13-9-11-12(17-13)5-4-8-16-11/h4-5,8-9H,1-3,6-7,10,15H2. The van der Waals surface area contributed by atoms with Crippen LogP contribution >= 0.6 is 0 Å². The van der Waals surface area contributed by atoms with Crippen molar-refractivity contribution in [2.24, 2.45) is 5.73 Å². The minimum absolute atomic E-state index is 0.0545. The van der Waals surface area contributed by atoms with Gasteiger partial charge in [0.25, 0.3) is 0 Å². The zero-order chi connectivity index (χ0) is 11.7. The number of aromatic nitrogens is 1. The molecule has 1 aliphatic carbocycles. The van der Waals surface area contributed by atoms with Crippen LogP contribution in [-0.2, 0) is 5.41 Å². The van der Waals surface area contributed by atoms with Gasteiger partial charge < -0.3 is 10.2 Å². The van der Waals surface area contributed by atoms with E-state index in [0.29, 0.717) is 6.54 Å². The molecule has 1 fully saturated rings. The zero-order valence-electron chi connectivity index (χ0n) is 9.98. The van der Waals surface area contributed by atoms with Gasteiger partial charge in [-0.15, -0.1) is 0 Å². The van der Waals surface area contributed by atoms with Crippen LogP contribution in [0.1, 0.15) is 37.9 Å². The fraction of sp³-hybridized carbons (Fsp3) is 0.500. The second-order valence-electron chi connectivity index (χ2n) is 5.04. The topological polar surface area (TPSA) is 52.0 Å². The molecule has 3 rings (SSSR count). The summed E-state index contributed by atoms with van der Waals surface area (Å²) in [5.74, 6) is 1.04. The first-order chi connectivity index (χ1) is 8.34. The van der Waals surface area contributed by atoms with Crippen LogP contribution < -0.4 is 5.73 Å². The van der Waals surface area contributed by atoms with E-state index in [9.17, 15) is 0 Å². The molecule has 2 aromatic rings. The van der Waals surface area contributed by atoms with Crippen molar-refractivity contribution >= 4 is 11.1 Å². The van der Waals surface area contributed by atoms with Crippen LogP contribution in [0.5, 0.6) is 0 Å². The largest absolute Gasteiger partial charge is 0.459 e. The molecule has 3 nitrogen and oxygen atoms in total. The third kappa shape index (κ3) is 1.75. The first-order valence-corrected chi connectivity index (χ1v) is 6.39. The number of hydrogen-bond acceptors (Lipinski definition) is 3. The van der Waals surface area contributed by atoms with Crippen molar-refractivity contribution in [2.75, 3.05) is 6.54 Å². The van der Waals surface area contributed by atoms with Crippen molar-refractivity contribution in [1.29, 1.82) is 0 Å². The van der Waals surface area contributed by atoms with Crippen LogP contribution in [0.2, 0.25) is 0 Å². The summed E-state index contributed by atoms with van der Waals surface area (Å²) in [6, 6.07) is 5.96. The van der Waals surface area contributed by atoms with Gasteiger partial charge in [0.1, 0.15) is 11.3 Å². The van der Waals surface area contributed by atoms with Gasteiger partial charge in [-0.1, -0.05) is 19.3 Å². The van der Waals surface area contributed by atoms with E-state index in [1.165, 1.54) is 19.3 Å². The first kappa shape index (κ1) is 10.8. The fourth-order valence-corrected chi connectivity index (χ4v) is 2.91. The minimum Gasteiger partial charge on any atom is -0.459 e. The Labute approximate surface area is 101 Å². The normalized spacial score (nSPS) is 19.6. The number of pyridine rings is 1. The molecular formula is C14H18N2O. The predicted octanol–water partition coefficient (Wildman–Crippen LogP) is 2.99. The molecule has 0 amide bonds. The molecule has 1 saturated carbocycles. The van der Waals surface area contributed by atoms with E-state index in [0.717, 1.165) is 29.7 Å². The third-order valence-corrected chi connectivity index (χ3v) is 4.01. The van der Waals surface area contributed by atoms with Crippen LogP contribution in [0, 0.1) is 0 Å². The molecule has 2 heterocycles. The predicted molar refractivity (Wildman–Crippen MR) is 67.8 cm³/mol. The maximum absolute atomic E-state index is 6.01. The Kier molecular flexibility index (Phi) is 2.63. The van der Waals surface area contributed by atoms with Gasteiger partial charge in [0.05, 0.1) is 0 Å². The summed E-state index contributed by atoms with van der Waals surface area (Å²) < 4.78 is 5.96. The highest BCUT2D eigenvalue weighted by Crippen LogP contribution is 2.40. The highest BCUT2D eigenvalue weighted by Gasteiger charge is 2.35. The van der Waals surface area contributed by atoms with Crippen LogP contribution in [0.3, 0.4) is 0 Å². The molecule has 0 radical (unpaired) electrons. The van der Waals surface area contributed by atoms with Gasteiger partial charge in [-0.3, -0.25) is 4.98 Å². The lowest BCUT2D eigenvalue weighted by Gasteiger charge is -2.34. The number of rotatable bonds is 2. The number of furan rings is 1. The fourth-order valence-electron chi connectivity index (χ4n) is 2.91. The molecule has 0 atom stereocenters. The van der Waals surface area contributed by atoms with Crippen LogP contribution in [0.4, 0.5) is 0 Å². The van der Waals surface area contributed by atoms with E-state index in [4.69, 9.17) is 10.2 Å². The van der Waals surface area contributed by atoms with Gasteiger partial charge in [0.15, 0.2) is 5.58 Å². The Morgan fingerprint density at radius 1 is 1.29 bits per heavy atom. The van der Waals surface area contributed by atoms with Gasteiger partial charge in [0.2, 0.25) is 0 Å². The molecular weight excluding hydrogens is 212 g/mol. The number of fused-ring (bicyclic) bond motifs is 1. The molecule has 0 aliphatic heterocycles. The van der Waals surface area contributed by atoms with E-state index < -0.39 is 0 Å². The van der Waals surface area contributed by atoms with Gasteiger partial charge >= 0.3 is 0 Å². The molecule has 0 unspecified atom stereocenters. The van der Waals surface area contributed by atoms with E-state index in [2.05, 4.69) is 11.1 Å². The van der Waals surface area contributed by atoms with Crippen LogP contribution in [0.25, 0.3) is 11.1 Å². The summed E-state index contributed by atoms with van der Waals surface area (Å²) in [4.78, 5) is 4.33. The van der Waals surface area contributed by atoms with Crippen molar-refractivity contribution < 1.29 is 4.42 Å². The first-order valence-electron chi connectivity index (χ1n) is 6.39. The summed E-state index contributed by atoms with van der Waals surface area (Å²) in [6.07, 6.45) is 7.91. The quantitative estimate of drug-likeness (QED) is 0.862. The van der Waals surface area contributed by atoms with Crippen molar-refractivity contribution in [2.45, 2.75) is 37.5 Å². The highest BCUT2D eigenvalue weighted by molar-refractivity contribution is 5.73. The summed E-state index contributed by atoms with van der Waals surface area (Å²) in [5.41, 5.74) is 7.89. The van der Waals surface area contributed by atoms with Crippen molar-refractivity contribution in [3.8, 4) is 0 Å². The van der Waals surface area contributed by atoms with Crippen molar-refractivity contribution in [3.05, 3.63) is 30.2 Å². The molecule has 3 heteroatoms. The Morgan fingerprint density at radius 2 is 2.12 bits per heavy atom. The van der Waals surface area contributed by atoms with Gasteiger partial charge in [-0.2, -0.15) is 0 Å². The molecule has 0 aromatic carbocycles. The number of nitrogens with zero attached hydrogens (tertiary/aromatic N) is 1. The number of hydrogen-bond donors (Lipinski definition) is 1. The zero-order valence-corrected chi connectivity index (χ0v) is 9.98. The Bertz CT molecular complexity index is 479. The van der Waals surface area contributed by atoms with Crippen molar-refractivity contribution in [3.63, 3.8) is 0 Å². The average Bonchev–Trinajstić information content (AvgIpc) is 2.84. The van der Waals surface area contributed by atoms with Crippen LogP contribution in [-0.4, -0.2) is 11.5 Å². The van der Waals surface area contributed by atoms with E-state index in [1.807, 2.05) is 12.1 Å². The van der Waals surface area contributed by atoms with Crippen molar-refractivity contribution in [1.82, 2.24) is 4.98 Å². The number of nitrogens with two attached hydrogens (primary N) is 1. The van der Waals surface area contributed by atoms with Gasteiger partial charge in [-0.05, 0) is 25.0 Å². The Morgan fingerprint density at radius 3 is 2.82 bits per heavy atom. The Hall–Kier alpha value is -1.35. The monoisotopic (exact) mass is 230 g/mol. The van der Waals surface area contributed by atoms with Gasteiger partial charge in [-0.25, -0.2) is 0 Å². The summed E-state index contributed by atoms with van der Waals surface area (Å²) in [5, 5.41) is 0. The molecule has 0 spiro atoms. The van der Waals surface area contributed by atoms with E-state index in [-0.39, 0.29) is 5.41 Å². The Balaban J connectivity index is 2.05. The lowest BCUT2D eigenvalue weighted by molar-refractivity contribution is 0.257. The molecule has 90 valence electrons. The second-order valence-corrected chi connectivity index (χ2v) is 5.04. The molecule has 0 bridgehead atoms. The third-order valence-electron chi connectivity index (χ3n) is 4.01. The van der Waals surface area contributed by atoms with Gasteiger partial charge in [0, 0.05) is 24.2 Å². The smallest absolute Gasteiger partial charge is 0.152 e. The summed E-state index contributed by atoms with van der Waals surface area (Å²) in [6.45, 7) is 0.673. The summed E-state index contributed by atoms with van der Waals surface area (Å²) in [7, 11) is 0. The molecule has 2 N–H and O–H groups in total. The lowest BCUT2D eigenvalue weighted by atomic mass is 9.72. The highest BCUT2D eigenvalue weighted by atomic mass is 16.3. The summed E-state index contributed by atoms with van der Waals surface area (Å²) >= 11 is 0. The maximum atomic E-state index is 6.01. The maximum Gasteiger partial charge on any atom is 0.152 e. The average molecular weight is 230 g/mol. The minimum atomic E-state index is 0.0545. The van der Waals surface area contributed by atoms with Crippen LogP contribution in [0.15, 0.2) is 28.8 Å². The van der Waals surface area contributed by atoms with E-state index >= 15 is 0 Å². The van der Waals surface area contributed by atoms with E-state index in [1.54, 1.807) is 6.20 Å².